The van der Waals surface area contributed by atoms with Gasteiger partial charge >= 0.3 is 0 Å². The number of nitrogens with one attached hydrogen (secondary N) is 2. The molecule has 9 heteroatoms. The number of amides is 3. The fourth-order valence-electron chi connectivity index (χ4n) is 6.57. The first-order chi connectivity index (χ1) is 16.9. The summed E-state index contributed by atoms with van der Waals surface area (Å²) in [6.07, 6.45) is 8.88. The molecule has 1 saturated carbocycles. The molecule has 3 amide bonds. The number of carbonyl (C=O) groups excluding carboxylic acids is 3. The molecule has 3 heterocycles. The predicted octanol–water partition coefficient (Wildman–Crippen LogP) is 4.72. The molecule has 2 bridgehead atoms. The van der Waals surface area contributed by atoms with E-state index in [1.165, 1.54) is 6.42 Å². The average Bonchev–Trinajstić information content (AvgIpc) is 3.37. The number of fused-ring (bicyclic) bond motifs is 1. The van der Waals surface area contributed by atoms with Crippen LogP contribution in [0, 0.1) is 11.8 Å². The van der Waals surface area contributed by atoms with Crippen molar-refractivity contribution in [2.75, 3.05) is 5.32 Å². The molecule has 1 aliphatic carbocycles. The summed E-state index contributed by atoms with van der Waals surface area (Å²) in [5.74, 6) is -2.46. The van der Waals surface area contributed by atoms with Crippen molar-refractivity contribution in [1.29, 1.82) is 0 Å². The van der Waals surface area contributed by atoms with Gasteiger partial charge in [0.15, 0.2) is 0 Å². The molecule has 0 unspecified atom stereocenters. The minimum Gasteiger partial charge on any atom is -0.356 e. The Labute approximate surface area is 221 Å². The van der Waals surface area contributed by atoms with Crippen LogP contribution in [0.3, 0.4) is 0 Å². The van der Waals surface area contributed by atoms with Gasteiger partial charge in [0.1, 0.15) is 11.6 Å². The van der Waals surface area contributed by atoms with Gasteiger partial charge in [-0.2, -0.15) is 0 Å². The number of likely N-dealkylation sites (tertiary alicyclic amines) is 1. The van der Waals surface area contributed by atoms with E-state index in [1.807, 2.05) is 32.9 Å². The molecule has 194 valence electrons. The van der Waals surface area contributed by atoms with Gasteiger partial charge in [-0.1, -0.05) is 54.6 Å². The number of hydrogen-bond acceptors (Lipinski definition) is 4. The van der Waals surface area contributed by atoms with Gasteiger partial charge in [-0.05, 0) is 58.7 Å². The summed E-state index contributed by atoms with van der Waals surface area (Å²) in [7, 11) is 0. The normalized spacial score (nSPS) is 33.7. The van der Waals surface area contributed by atoms with Gasteiger partial charge in [0.05, 0.1) is 27.5 Å². The van der Waals surface area contributed by atoms with Crippen LogP contribution in [-0.2, 0) is 19.1 Å². The van der Waals surface area contributed by atoms with E-state index in [0.29, 0.717) is 15.7 Å². The number of halogens is 2. The highest BCUT2D eigenvalue weighted by Gasteiger charge is 2.77. The van der Waals surface area contributed by atoms with Gasteiger partial charge in [0.25, 0.3) is 0 Å². The van der Waals surface area contributed by atoms with Crippen molar-refractivity contribution in [3.63, 3.8) is 0 Å². The van der Waals surface area contributed by atoms with E-state index in [4.69, 9.17) is 27.9 Å². The minimum atomic E-state index is -1.21. The summed E-state index contributed by atoms with van der Waals surface area (Å²) < 4.78 is 6.56. The molecular weight excluding hydrogens is 501 g/mol. The van der Waals surface area contributed by atoms with E-state index in [1.54, 1.807) is 30.0 Å². The van der Waals surface area contributed by atoms with Crippen LogP contribution in [0.4, 0.5) is 5.69 Å². The van der Waals surface area contributed by atoms with Gasteiger partial charge < -0.3 is 20.3 Å². The Morgan fingerprint density at radius 2 is 1.75 bits per heavy atom. The Morgan fingerprint density at radius 3 is 2.39 bits per heavy atom. The molecule has 3 fully saturated rings. The molecule has 2 saturated heterocycles. The monoisotopic (exact) mass is 533 g/mol. The molecule has 3 aliphatic heterocycles. The Hall–Kier alpha value is -2.09. The minimum absolute atomic E-state index is 0.0885. The van der Waals surface area contributed by atoms with Crippen molar-refractivity contribution in [3.05, 3.63) is 40.4 Å². The van der Waals surface area contributed by atoms with Crippen LogP contribution in [0.2, 0.25) is 10.0 Å². The molecule has 1 spiro atoms. The number of carbonyl (C=O) groups is 3. The molecule has 5 atom stereocenters. The average molecular weight is 534 g/mol. The third kappa shape index (κ3) is 3.95. The molecular formula is C27H33Cl2N3O4. The Balaban J connectivity index is 1.49. The Kier molecular flexibility index (Phi) is 6.21. The summed E-state index contributed by atoms with van der Waals surface area (Å²) in [6, 6.07) is 4.06. The SMILES string of the molecule is CC(C)(C)N1C(=O)[C@@H]2[C@H](C(=O)Nc3ccc(Cl)c(Cl)c3)[C@]3(C)C=C[C@@]2(O3)[C@H]1C(=O)NC1CCCCC1. The van der Waals surface area contributed by atoms with Crippen molar-refractivity contribution in [2.45, 2.75) is 88.6 Å². The number of anilines is 1. The van der Waals surface area contributed by atoms with E-state index in [0.717, 1.165) is 25.7 Å². The van der Waals surface area contributed by atoms with Crippen LogP contribution in [-0.4, -0.2) is 51.4 Å². The number of nitrogens with zero attached hydrogens (tertiary/aromatic N) is 1. The van der Waals surface area contributed by atoms with Gasteiger partial charge in [-0.25, -0.2) is 0 Å². The highest BCUT2D eigenvalue weighted by Crippen LogP contribution is 2.60. The third-order valence-electron chi connectivity index (χ3n) is 8.09. The quantitative estimate of drug-likeness (QED) is 0.548. The van der Waals surface area contributed by atoms with Gasteiger partial charge in [0.2, 0.25) is 17.7 Å². The smallest absolute Gasteiger partial charge is 0.246 e. The van der Waals surface area contributed by atoms with Crippen LogP contribution < -0.4 is 10.6 Å². The van der Waals surface area contributed by atoms with Crippen molar-refractivity contribution in [2.24, 2.45) is 11.8 Å². The summed E-state index contributed by atoms with van der Waals surface area (Å²) in [4.78, 5) is 43.2. The van der Waals surface area contributed by atoms with Gasteiger partial charge in [0, 0.05) is 17.3 Å². The first-order valence-corrected chi connectivity index (χ1v) is 13.4. The van der Waals surface area contributed by atoms with E-state index in [-0.39, 0.29) is 23.8 Å². The first kappa shape index (κ1) is 25.6. The standard InChI is InChI=1S/C27H33Cl2N3O4/c1-25(2,3)32-21(23(34)30-15-8-6-5-7-9-15)27-13-12-26(4,36-27)19(20(27)24(32)35)22(33)31-16-10-11-17(28)18(29)14-16/h10-15,19-21H,5-9H2,1-4H3,(H,30,34)(H,31,33)/t19-,20+,21-,26+,27+/m1/s1. The summed E-state index contributed by atoms with van der Waals surface area (Å²) in [5, 5.41) is 6.79. The van der Waals surface area contributed by atoms with Crippen molar-refractivity contribution in [3.8, 4) is 0 Å². The number of ether oxygens (including phenoxy) is 1. The molecule has 4 aliphatic rings. The largest absolute Gasteiger partial charge is 0.356 e. The topological polar surface area (TPSA) is 87.7 Å². The van der Waals surface area contributed by atoms with Crippen LogP contribution in [0.15, 0.2) is 30.4 Å². The zero-order chi connectivity index (χ0) is 26.0. The second-order valence-electron chi connectivity index (χ2n) is 11.7. The molecule has 1 aromatic rings. The maximum atomic E-state index is 14.0. The number of benzene rings is 1. The molecule has 1 aromatic carbocycles. The molecule has 0 aromatic heterocycles. The van der Waals surface area contributed by atoms with Crippen LogP contribution in [0.25, 0.3) is 0 Å². The summed E-state index contributed by atoms with van der Waals surface area (Å²) >= 11 is 12.2. The van der Waals surface area contributed by atoms with E-state index in [9.17, 15) is 14.4 Å². The number of rotatable bonds is 4. The zero-order valence-corrected chi connectivity index (χ0v) is 22.6. The van der Waals surface area contributed by atoms with Crippen molar-refractivity contribution in [1.82, 2.24) is 10.2 Å². The summed E-state index contributed by atoms with van der Waals surface area (Å²) in [6.45, 7) is 7.53. The maximum absolute atomic E-state index is 14.0. The second kappa shape index (κ2) is 8.74. The second-order valence-corrected chi connectivity index (χ2v) is 12.5. The Bertz CT molecular complexity index is 1140. The molecule has 7 nitrogen and oxygen atoms in total. The van der Waals surface area contributed by atoms with E-state index >= 15 is 0 Å². The fourth-order valence-corrected chi connectivity index (χ4v) is 6.87. The lowest BCUT2D eigenvalue weighted by atomic mass is 9.70. The maximum Gasteiger partial charge on any atom is 0.246 e. The number of hydrogen-bond donors (Lipinski definition) is 2. The van der Waals surface area contributed by atoms with Gasteiger partial charge in [-0.3, -0.25) is 14.4 Å². The lowest BCUT2D eigenvalue weighted by Gasteiger charge is -2.41. The van der Waals surface area contributed by atoms with Crippen molar-refractivity contribution >= 4 is 46.6 Å². The van der Waals surface area contributed by atoms with Crippen LogP contribution >= 0.6 is 23.2 Å². The lowest BCUT2D eigenvalue weighted by Crippen LogP contribution is -2.60. The van der Waals surface area contributed by atoms with E-state index in [2.05, 4.69) is 10.6 Å². The molecule has 5 rings (SSSR count). The lowest BCUT2D eigenvalue weighted by molar-refractivity contribution is -0.149. The van der Waals surface area contributed by atoms with Crippen LogP contribution in [0.5, 0.6) is 0 Å². The van der Waals surface area contributed by atoms with E-state index < -0.39 is 34.6 Å². The van der Waals surface area contributed by atoms with Crippen LogP contribution in [0.1, 0.15) is 59.8 Å². The summed E-state index contributed by atoms with van der Waals surface area (Å²) in [5.41, 5.74) is -2.40. The fraction of sp³-hybridized carbons (Fsp3) is 0.593. The zero-order valence-electron chi connectivity index (χ0n) is 21.1. The highest BCUT2D eigenvalue weighted by molar-refractivity contribution is 6.42. The Morgan fingerprint density at radius 1 is 1.06 bits per heavy atom. The molecule has 2 N–H and O–H groups in total. The highest BCUT2D eigenvalue weighted by atomic mass is 35.5. The molecule has 36 heavy (non-hydrogen) atoms. The third-order valence-corrected chi connectivity index (χ3v) is 8.83. The van der Waals surface area contributed by atoms with Gasteiger partial charge in [-0.15, -0.1) is 0 Å². The molecule has 0 radical (unpaired) electrons. The predicted molar refractivity (Wildman–Crippen MR) is 139 cm³/mol. The van der Waals surface area contributed by atoms with Crippen molar-refractivity contribution < 1.29 is 19.1 Å². The first-order valence-electron chi connectivity index (χ1n) is 12.7.